The third kappa shape index (κ3) is 6.05. The minimum atomic E-state index is -0.253. The first-order chi connectivity index (χ1) is 16.6. The lowest BCUT2D eigenvalue weighted by Gasteiger charge is -2.14. The van der Waals surface area contributed by atoms with Crippen LogP contribution in [-0.4, -0.2) is 33.2 Å². The molecule has 7 nitrogen and oxygen atoms in total. The average molecular weight is 479 g/mol. The monoisotopic (exact) mass is 478 g/mol. The van der Waals surface area contributed by atoms with Crippen LogP contribution in [0.3, 0.4) is 0 Å². The molecule has 34 heavy (non-hydrogen) atoms. The van der Waals surface area contributed by atoms with Crippen LogP contribution in [0.4, 0.5) is 5.69 Å². The van der Waals surface area contributed by atoms with Gasteiger partial charge in [0.05, 0.1) is 27.9 Å². The number of thioether (sulfide) groups is 1. The third-order valence-electron chi connectivity index (χ3n) is 5.75. The predicted molar refractivity (Wildman–Crippen MR) is 136 cm³/mol. The van der Waals surface area contributed by atoms with Crippen molar-refractivity contribution in [3.05, 3.63) is 64.4 Å². The summed E-state index contributed by atoms with van der Waals surface area (Å²) >= 11 is 1.24. The highest BCUT2D eigenvalue weighted by Crippen LogP contribution is 2.23. The molecule has 8 heteroatoms. The summed E-state index contributed by atoms with van der Waals surface area (Å²) in [6.07, 6.45) is 6.16. The van der Waals surface area contributed by atoms with E-state index in [1.54, 1.807) is 34.9 Å². The molecule has 0 radical (unpaired) electrons. The van der Waals surface area contributed by atoms with Crippen molar-refractivity contribution < 1.29 is 9.59 Å². The zero-order valence-corrected chi connectivity index (χ0v) is 20.2. The molecule has 0 spiro atoms. The van der Waals surface area contributed by atoms with E-state index < -0.39 is 0 Å². The molecule has 1 saturated carbocycles. The molecule has 0 saturated heterocycles. The molecule has 1 heterocycles. The minimum Gasteiger partial charge on any atom is -0.349 e. The molecule has 0 aliphatic heterocycles. The number of fused-ring (bicyclic) bond motifs is 1. The number of carbonyl (C=O) groups is 2. The van der Waals surface area contributed by atoms with Gasteiger partial charge >= 0.3 is 0 Å². The number of nitrogens with one attached hydrogen (secondary N) is 2. The maximum Gasteiger partial charge on any atom is 0.262 e. The van der Waals surface area contributed by atoms with Gasteiger partial charge in [0.15, 0.2) is 5.16 Å². The van der Waals surface area contributed by atoms with Crippen LogP contribution in [0.5, 0.6) is 0 Å². The smallest absolute Gasteiger partial charge is 0.262 e. The highest BCUT2D eigenvalue weighted by molar-refractivity contribution is 7.99. The number of para-hydroxylation sites is 2. The zero-order chi connectivity index (χ0) is 23.9. The normalized spacial score (nSPS) is 13.1. The quantitative estimate of drug-likeness (QED) is 0.239. The number of benzene rings is 2. The Hall–Kier alpha value is -3.13. The molecule has 3 aromatic rings. The fourth-order valence-corrected chi connectivity index (χ4v) is 4.57. The Labute approximate surface area is 203 Å². The molecule has 2 N–H and O–H groups in total. The van der Waals surface area contributed by atoms with Gasteiger partial charge in [-0.05, 0) is 43.5 Å². The van der Waals surface area contributed by atoms with Crippen molar-refractivity contribution in [2.24, 2.45) is 0 Å². The van der Waals surface area contributed by atoms with Crippen molar-refractivity contribution >= 4 is 40.2 Å². The van der Waals surface area contributed by atoms with Crippen molar-refractivity contribution in [1.29, 1.82) is 0 Å². The van der Waals surface area contributed by atoms with E-state index in [1.165, 1.54) is 11.8 Å². The van der Waals surface area contributed by atoms with E-state index >= 15 is 0 Å². The Bertz CT molecular complexity index is 1240. The number of rotatable bonds is 11. The zero-order valence-electron chi connectivity index (χ0n) is 19.4. The molecular formula is C26H30N4O3S. The summed E-state index contributed by atoms with van der Waals surface area (Å²) in [5.41, 5.74) is 1.48. The maximum absolute atomic E-state index is 13.1. The van der Waals surface area contributed by atoms with Crippen molar-refractivity contribution in [2.75, 3.05) is 11.1 Å². The van der Waals surface area contributed by atoms with E-state index in [0.717, 1.165) is 38.5 Å². The third-order valence-corrected chi connectivity index (χ3v) is 6.73. The average Bonchev–Trinajstić information content (AvgIpc) is 3.66. The van der Waals surface area contributed by atoms with Gasteiger partial charge in [-0.15, -0.1) is 0 Å². The molecule has 1 aliphatic rings. The van der Waals surface area contributed by atoms with Gasteiger partial charge in [0, 0.05) is 12.6 Å². The molecule has 2 amide bonds. The lowest BCUT2D eigenvalue weighted by Crippen LogP contribution is -2.27. The van der Waals surface area contributed by atoms with Gasteiger partial charge in [0.25, 0.3) is 11.5 Å². The van der Waals surface area contributed by atoms with Crippen molar-refractivity contribution in [3.63, 3.8) is 0 Å². The number of amides is 2. The Morgan fingerprint density at radius 2 is 1.82 bits per heavy atom. The first-order valence-corrected chi connectivity index (χ1v) is 12.9. The van der Waals surface area contributed by atoms with Crippen molar-refractivity contribution in [2.45, 2.75) is 63.2 Å². The summed E-state index contributed by atoms with van der Waals surface area (Å²) in [7, 11) is 0. The second-order valence-electron chi connectivity index (χ2n) is 8.56. The number of anilines is 1. The van der Waals surface area contributed by atoms with Crippen LogP contribution >= 0.6 is 11.8 Å². The molecule has 0 bridgehead atoms. The van der Waals surface area contributed by atoms with Crippen molar-refractivity contribution in [1.82, 2.24) is 14.9 Å². The van der Waals surface area contributed by atoms with Crippen LogP contribution in [0, 0.1) is 0 Å². The summed E-state index contributed by atoms with van der Waals surface area (Å²) in [6.45, 7) is 2.72. The molecule has 1 aromatic heterocycles. The number of hydrogen-bond acceptors (Lipinski definition) is 5. The number of carbonyl (C=O) groups excluding carboxylic acids is 2. The molecule has 2 aromatic carbocycles. The summed E-state index contributed by atoms with van der Waals surface area (Å²) in [5.74, 6) is -0.349. The molecule has 178 valence electrons. The van der Waals surface area contributed by atoms with E-state index in [9.17, 15) is 14.4 Å². The lowest BCUT2D eigenvalue weighted by atomic mass is 10.1. The van der Waals surface area contributed by atoms with Crippen LogP contribution in [-0.2, 0) is 11.3 Å². The lowest BCUT2D eigenvalue weighted by molar-refractivity contribution is -0.113. The van der Waals surface area contributed by atoms with Gasteiger partial charge in [-0.3, -0.25) is 19.0 Å². The molecule has 0 atom stereocenters. The van der Waals surface area contributed by atoms with Crippen molar-refractivity contribution in [3.8, 4) is 0 Å². The van der Waals surface area contributed by atoms with Crippen LogP contribution in [0.25, 0.3) is 10.9 Å². The van der Waals surface area contributed by atoms with E-state index in [4.69, 9.17) is 0 Å². The maximum atomic E-state index is 13.1. The van der Waals surface area contributed by atoms with Gasteiger partial charge in [-0.25, -0.2) is 4.98 Å². The Kier molecular flexibility index (Phi) is 8.00. The minimum absolute atomic E-state index is 0.0768. The topological polar surface area (TPSA) is 93.1 Å². The van der Waals surface area contributed by atoms with Crippen LogP contribution < -0.4 is 16.2 Å². The van der Waals surface area contributed by atoms with Crippen LogP contribution in [0.1, 0.15) is 55.8 Å². The predicted octanol–water partition coefficient (Wildman–Crippen LogP) is 4.60. The summed E-state index contributed by atoms with van der Waals surface area (Å²) in [4.78, 5) is 43.1. The van der Waals surface area contributed by atoms with Gasteiger partial charge in [-0.1, -0.05) is 62.2 Å². The molecular weight excluding hydrogens is 448 g/mol. The highest BCUT2D eigenvalue weighted by atomic mass is 32.2. The molecule has 1 aliphatic carbocycles. The number of nitrogens with zero attached hydrogens (tertiary/aromatic N) is 2. The van der Waals surface area contributed by atoms with E-state index in [0.29, 0.717) is 33.9 Å². The Balaban J connectivity index is 1.48. The first-order valence-electron chi connectivity index (χ1n) is 11.9. The van der Waals surface area contributed by atoms with E-state index in [1.807, 2.05) is 18.2 Å². The molecule has 1 fully saturated rings. The number of unbranched alkanes of at least 4 members (excludes halogenated alkanes) is 3. The van der Waals surface area contributed by atoms with Gasteiger partial charge in [-0.2, -0.15) is 0 Å². The van der Waals surface area contributed by atoms with Gasteiger partial charge < -0.3 is 10.6 Å². The summed E-state index contributed by atoms with van der Waals surface area (Å²) in [5, 5.41) is 6.93. The highest BCUT2D eigenvalue weighted by Gasteiger charge is 2.25. The standard InChI is InChI=1S/C26H30N4O3S/c1-2-3-4-9-16-30-25(33)20-11-6-8-13-22(20)29-26(30)34-17-23(31)28-21-12-7-5-10-19(21)24(32)27-18-14-15-18/h5-8,10-13,18H,2-4,9,14-17H2,1H3,(H,27,32)(H,28,31). The molecule has 0 unspecified atom stereocenters. The number of aromatic nitrogens is 2. The molecule has 4 rings (SSSR count). The summed E-state index contributed by atoms with van der Waals surface area (Å²) in [6, 6.07) is 14.5. The Morgan fingerprint density at radius 3 is 2.62 bits per heavy atom. The van der Waals surface area contributed by atoms with Gasteiger partial charge in [0.2, 0.25) is 5.91 Å². The largest absolute Gasteiger partial charge is 0.349 e. The van der Waals surface area contributed by atoms with E-state index in [-0.39, 0.29) is 29.2 Å². The fourth-order valence-electron chi connectivity index (χ4n) is 3.75. The number of hydrogen-bond donors (Lipinski definition) is 2. The first kappa shape index (κ1) is 24.0. The second kappa shape index (κ2) is 11.3. The van der Waals surface area contributed by atoms with Gasteiger partial charge in [0.1, 0.15) is 0 Å². The second-order valence-corrected chi connectivity index (χ2v) is 9.50. The fraction of sp³-hybridized carbons (Fsp3) is 0.385. The Morgan fingerprint density at radius 1 is 1.06 bits per heavy atom. The van der Waals surface area contributed by atoms with Crippen LogP contribution in [0.2, 0.25) is 0 Å². The summed E-state index contributed by atoms with van der Waals surface area (Å²) < 4.78 is 1.69. The SMILES string of the molecule is CCCCCCn1c(SCC(=O)Nc2ccccc2C(=O)NC2CC2)nc2ccccc2c1=O. The van der Waals surface area contributed by atoms with E-state index in [2.05, 4.69) is 22.5 Å². The van der Waals surface area contributed by atoms with Crippen LogP contribution in [0.15, 0.2) is 58.5 Å².